The number of ether oxygens (including phenoxy) is 2. The number of hydrogen-bond acceptors (Lipinski definition) is 5. The van der Waals surface area contributed by atoms with Gasteiger partial charge in [-0.05, 0) is 38.8 Å². The lowest BCUT2D eigenvalue weighted by Gasteiger charge is -2.31. The average molecular weight is 365 g/mol. The van der Waals surface area contributed by atoms with Crippen LogP contribution in [0.15, 0.2) is 18.2 Å². The van der Waals surface area contributed by atoms with Crippen LogP contribution in [0, 0.1) is 13.8 Å². The summed E-state index contributed by atoms with van der Waals surface area (Å²) in [6.07, 6.45) is -0.322. The molecule has 1 aromatic rings. The summed E-state index contributed by atoms with van der Waals surface area (Å²) in [5.41, 5.74) is 3.92. The minimum atomic E-state index is -0.466. The predicted molar refractivity (Wildman–Crippen MR) is 106 cm³/mol. The summed E-state index contributed by atoms with van der Waals surface area (Å²) < 4.78 is 11.0. The Hall–Kier alpha value is -0.980. The topological polar surface area (TPSA) is 45.2 Å². The Morgan fingerprint density at radius 3 is 2.65 bits per heavy atom. The highest BCUT2D eigenvalue weighted by Crippen LogP contribution is 2.14. The second-order valence-electron chi connectivity index (χ2n) is 7.65. The Bertz CT molecular complexity index is 530. The lowest BCUT2D eigenvalue weighted by atomic mass is 10.0. The minimum Gasteiger partial charge on any atom is -0.389 e. The van der Waals surface area contributed by atoms with Crippen LogP contribution in [0.2, 0.25) is 0 Å². The lowest BCUT2D eigenvalue weighted by Crippen LogP contribution is -2.43. The van der Waals surface area contributed by atoms with E-state index in [-0.39, 0.29) is 6.10 Å². The standard InChI is InChI=1S/C21H36N2O3/c1-17(2)26-16-21(24)15-23(8-7-22-9-11-25-12-10-22)14-20-13-18(3)5-6-19(20)4/h5-6,13,17,21,24H,7-12,14-16H2,1-4H3. The van der Waals surface area contributed by atoms with Crippen molar-refractivity contribution in [3.05, 3.63) is 34.9 Å². The molecule has 1 aliphatic heterocycles. The van der Waals surface area contributed by atoms with Crippen molar-refractivity contribution >= 4 is 0 Å². The molecule has 1 aromatic carbocycles. The van der Waals surface area contributed by atoms with Gasteiger partial charge in [0.05, 0.1) is 32.0 Å². The molecule has 1 aliphatic rings. The Kier molecular flexibility index (Phi) is 9.02. The first kappa shape index (κ1) is 21.3. The molecule has 5 heteroatoms. The monoisotopic (exact) mass is 364 g/mol. The largest absolute Gasteiger partial charge is 0.389 e. The summed E-state index contributed by atoms with van der Waals surface area (Å²) in [4.78, 5) is 4.79. The van der Waals surface area contributed by atoms with Crippen LogP contribution in [0.4, 0.5) is 0 Å². The Balaban J connectivity index is 1.95. The number of benzene rings is 1. The molecule has 148 valence electrons. The van der Waals surface area contributed by atoms with Gasteiger partial charge in [-0.3, -0.25) is 9.80 Å². The first-order valence-corrected chi connectivity index (χ1v) is 9.82. The average Bonchev–Trinajstić information content (AvgIpc) is 2.62. The summed E-state index contributed by atoms with van der Waals surface area (Å²) in [6, 6.07) is 6.60. The van der Waals surface area contributed by atoms with Crippen LogP contribution >= 0.6 is 0 Å². The molecule has 0 aliphatic carbocycles. The van der Waals surface area contributed by atoms with E-state index in [0.717, 1.165) is 45.9 Å². The maximum atomic E-state index is 10.4. The van der Waals surface area contributed by atoms with Crippen molar-refractivity contribution in [1.29, 1.82) is 0 Å². The zero-order valence-electron chi connectivity index (χ0n) is 16.9. The second kappa shape index (κ2) is 11.0. The van der Waals surface area contributed by atoms with Gasteiger partial charge in [0.25, 0.3) is 0 Å². The number of nitrogens with zero attached hydrogens (tertiary/aromatic N) is 2. The number of rotatable bonds is 10. The van der Waals surface area contributed by atoms with E-state index in [4.69, 9.17) is 9.47 Å². The molecule has 1 atom stereocenters. The van der Waals surface area contributed by atoms with E-state index in [0.29, 0.717) is 13.2 Å². The zero-order chi connectivity index (χ0) is 18.9. The van der Waals surface area contributed by atoms with Gasteiger partial charge in [-0.25, -0.2) is 0 Å². The van der Waals surface area contributed by atoms with Gasteiger partial charge in [0.15, 0.2) is 0 Å². The maximum absolute atomic E-state index is 10.4. The van der Waals surface area contributed by atoms with Crippen LogP contribution < -0.4 is 0 Å². The minimum absolute atomic E-state index is 0.144. The van der Waals surface area contributed by atoms with Crippen LogP contribution in [-0.4, -0.2) is 79.7 Å². The lowest BCUT2D eigenvalue weighted by molar-refractivity contribution is -0.0129. The highest BCUT2D eigenvalue weighted by Gasteiger charge is 2.17. The molecule has 0 amide bonds. The molecule has 1 N–H and O–H groups in total. The molecule has 0 saturated carbocycles. The second-order valence-corrected chi connectivity index (χ2v) is 7.65. The van der Waals surface area contributed by atoms with E-state index in [1.165, 1.54) is 16.7 Å². The van der Waals surface area contributed by atoms with Gasteiger partial charge in [0, 0.05) is 39.3 Å². The number of aliphatic hydroxyl groups is 1. The van der Waals surface area contributed by atoms with E-state index in [1.54, 1.807) is 0 Å². The molecule has 1 saturated heterocycles. The molecule has 5 nitrogen and oxygen atoms in total. The molecule has 1 heterocycles. The fraction of sp³-hybridized carbons (Fsp3) is 0.714. The number of aryl methyl sites for hydroxylation is 2. The van der Waals surface area contributed by atoms with Crippen molar-refractivity contribution in [1.82, 2.24) is 9.80 Å². The molecule has 2 rings (SSSR count). The molecule has 0 spiro atoms. The smallest absolute Gasteiger partial charge is 0.0900 e. The van der Waals surface area contributed by atoms with Crippen LogP contribution in [0.25, 0.3) is 0 Å². The van der Waals surface area contributed by atoms with Crippen molar-refractivity contribution in [2.24, 2.45) is 0 Å². The molecule has 0 bridgehead atoms. The normalized spacial score (nSPS) is 17.2. The molecule has 0 radical (unpaired) electrons. The van der Waals surface area contributed by atoms with E-state index < -0.39 is 6.10 Å². The van der Waals surface area contributed by atoms with Crippen molar-refractivity contribution < 1.29 is 14.6 Å². The highest BCUT2D eigenvalue weighted by atomic mass is 16.5. The van der Waals surface area contributed by atoms with E-state index >= 15 is 0 Å². The van der Waals surface area contributed by atoms with E-state index in [9.17, 15) is 5.11 Å². The number of morpholine rings is 1. The van der Waals surface area contributed by atoms with Gasteiger partial charge in [-0.1, -0.05) is 23.8 Å². The van der Waals surface area contributed by atoms with Gasteiger partial charge in [-0.15, -0.1) is 0 Å². The van der Waals surface area contributed by atoms with Gasteiger partial charge < -0.3 is 14.6 Å². The van der Waals surface area contributed by atoms with Gasteiger partial charge >= 0.3 is 0 Å². The molecular weight excluding hydrogens is 328 g/mol. The number of hydrogen-bond donors (Lipinski definition) is 1. The summed E-state index contributed by atoms with van der Waals surface area (Å²) in [7, 11) is 0. The number of aliphatic hydroxyl groups excluding tert-OH is 1. The molecular formula is C21H36N2O3. The quantitative estimate of drug-likeness (QED) is 0.690. The van der Waals surface area contributed by atoms with Crippen LogP contribution in [-0.2, 0) is 16.0 Å². The maximum Gasteiger partial charge on any atom is 0.0900 e. The van der Waals surface area contributed by atoms with Crippen LogP contribution in [0.1, 0.15) is 30.5 Å². The molecule has 1 fully saturated rings. The van der Waals surface area contributed by atoms with Crippen LogP contribution in [0.3, 0.4) is 0 Å². The summed E-state index contributed by atoms with van der Waals surface area (Å²) in [5.74, 6) is 0. The Morgan fingerprint density at radius 2 is 1.96 bits per heavy atom. The van der Waals surface area contributed by atoms with Gasteiger partial charge in [0.1, 0.15) is 0 Å². The van der Waals surface area contributed by atoms with Gasteiger partial charge in [0.2, 0.25) is 0 Å². The van der Waals surface area contributed by atoms with Crippen molar-refractivity contribution in [2.45, 2.75) is 46.4 Å². The summed E-state index contributed by atoms with van der Waals surface area (Å²) in [5, 5.41) is 10.4. The molecule has 1 unspecified atom stereocenters. The highest BCUT2D eigenvalue weighted by molar-refractivity contribution is 5.30. The van der Waals surface area contributed by atoms with Crippen molar-refractivity contribution in [3.8, 4) is 0 Å². The van der Waals surface area contributed by atoms with Crippen molar-refractivity contribution in [2.75, 3.05) is 52.5 Å². The fourth-order valence-electron chi connectivity index (χ4n) is 3.21. The zero-order valence-corrected chi connectivity index (χ0v) is 16.9. The Morgan fingerprint density at radius 1 is 1.23 bits per heavy atom. The summed E-state index contributed by atoms with van der Waals surface area (Å²) >= 11 is 0. The molecule has 26 heavy (non-hydrogen) atoms. The van der Waals surface area contributed by atoms with Crippen molar-refractivity contribution in [3.63, 3.8) is 0 Å². The molecule has 0 aromatic heterocycles. The van der Waals surface area contributed by atoms with E-state index in [1.807, 2.05) is 13.8 Å². The third kappa shape index (κ3) is 7.72. The van der Waals surface area contributed by atoms with Gasteiger partial charge in [-0.2, -0.15) is 0 Å². The summed E-state index contributed by atoms with van der Waals surface area (Å²) in [6.45, 7) is 15.7. The predicted octanol–water partition coefficient (Wildman–Crippen LogP) is 2.22. The third-order valence-electron chi connectivity index (χ3n) is 4.83. The Labute approximate surface area is 158 Å². The first-order chi connectivity index (χ1) is 12.4. The SMILES string of the molecule is Cc1ccc(C)c(CN(CCN2CCOCC2)CC(O)COC(C)C)c1. The van der Waals surface area contributed by atoms with E-state index in [2.05, 4.69) is 41.8 Å². The fourth-order valence-corrected chi connectivity index (χ4v) is 3.21. The first-order valence-electron chi connectivity index (χ1n) is 9.82. The van der Waals surface area contributed by atoms with Crippen LogP contribution in [0.5, 0.6) is 0 Å². The third-order valence-corrected chi connectivity index (χ3v) is 4.83.